The number of aliphatic hydroxyl groups excluding tert-OH is 3. The molecule has 1 aliphatic rings. The lowest BCUT2D eigenvalue weighted by Gasteiger charge is -2.42. The molecule has 1 saturated heterocycles. The Kier molecular flexibility index (Phi) is 13.6. The SMILES string of the molecule is CC(=O)N[C@H]1[C@H](OCCCCCCCCCCCN=[N+]=[N-])O[C@H](CO)[C@H](O)[C@@H]1O. The van der Waals surface area contributed by atoms with Crippen molar-refractivity contribution in [2.75, 3.05) is 19.8 Å². The molecule has 1 rings (SSSR count). The molecule has 0 aromatic rings. The van der Waals surface area contributed by atoms with E-state index in [4.69, 9.17) is 15.0 Å². The first-order valence-corrected chi connectivity index (χ1v) is 10.5. The van der Waals surface area contributed by atoms with Crippen molar-refractivity contribution in [3.8, 4) is 0 Å². The third kappa shape index (κ3) is 10.3. The van der Waals surface area contributed by atoms with E-state index in [1.165, 1.54) is 19.8 Å². The summed E-state index contributed by atoms with van der Waals surface area (Å²) in [5, 5.41) is 35.5. The summed E-state index contributed by atoms with van der Waals surface area (Å²) < 4.78 is 11.2. The summed E-state index contributed by atoms with van der Waals surface area (Å²) in [4.78, 5) is 14.1. The second-order valence-electron chi connectivity index (χ2n) is 7.44. The molecule has 29 heavy (non-hydrogen) atoms. The van der Waals surface area contributed by atoms with E-state index in [2.05, 4.69) is 15.3 Å². The average Bonchev–Trinajstić information content (AvgIpc) is 2.70. The molecule has 1 fully saturated rings. The van der Waals surface area contributed by atoms with E-state index in [-0.39, 0.29) is 5.91 Å². The molecule has 1 amide bonds. The van der Waals surface area contributed by atoms with Crippen molar-refractivity contribution in [1.82, 2.24) is 5.32 Å². The van der Waals surface area contributed by atoms with Crippen molar-refractivity contribution >= 4 is 5.91 Å². The summed E-state index contributed by atoms with van der Waals surface area (Å²) in [7, 11) is 0. The van der Waals surface area contributed by atoms with Crippen LogP contribution in [0.1, 0.15) is 64.7 Å². The molecule has 0 aliphatic carbocycles. The lowest BCUT2D eigenvalue weighted by atomic mass is 9.97. The molecule has 0 aromatic carbocycles. The third-order valence-electron chi connectivity index (χ3n) is 5.00. The predicted molar refractivity (Wildman–Crippen MR) is 107 cm³/mol. The van der Waals surface area contributed by atoms with E-state index >= 15 is 0 Å². The van der Waals surface area contributed by atoms with Crippen LogP contribution < -0.4 is 5.32 Å². The normalized spacial score (nSPS) is 26.7. The molecule has 5 atom stereocenters. The van der Waals surface area contributed by atoms with Crippen LogP contribution in [0.4, 0.5) is 0 Å². The topological polar surface area (TPSA) is 157 Å². The van der Waals surface area contributed by atoms with Gasteiger partial charge in [-0.15, -0.1) is 0 Å². The molecule has 1 aliphatic heterocycles. The van der Waals surface area contributed by atoms with E-state index in [0.29, 0.717) is 13.2 Å². The van der Waals surface area contributed by atoms with Gasteiger partial charge in [-0.05, 0) is 18.4 Å². The molecule has 10 nitrogen and oxygen atoms in total. The molecule has 0 aromatic heterocycles. The lowest BCUT2D eigenvalue weighted by Crippen LogP contribution is -2.64. The maximum absolute atomic E-state index is 11.4. The van der Waals surface area contributed by atoms with Crippen molar-refractivity contribution in [3.63, 3.8) is 0 Å². The lowest BCUT2D eigenvalue weighted by molar-refractivity contribution is -0.270. The molecular formula is C19H36N4O6. The van der Waals surface area contributed by atoms with E-state index in [1.54, 1.807) is 0 Å². The standard InChI is InChI=1S/C19H36N4O6/c1-14(25)22-16-18(27)17(26)15(13-24)29-19(16)28-12-10-8-6-4-2-3-5-7-9-11-21-23-20/h15-19,24,26-27H,2-13H2,1H3,(H,22,25)/t15-,16-,17+,18-,19-/m1/s1. The van der Waals surface area contributed by atoms with Crippen LogP contribution in [0.25, 0.3) is 10.4 Å². The van der Waals surface area contributed by atoms with E-state index in [9.17, 15) is 20.1 Å². The Bertz CT molecular complexity index is 503. The number of ether oxygens (including phenoxy) is 2. The van der Waals surface area contributed by atoms with Crippen LogP contribution in [-0.4, -0.2) is 71.6 Å². The first-order valence-electron chi connectivity index (χ1n) is 10.5. The van der Waals surface area contributed by atoms with Crippen LogP contribution in [0.2, 0.25) is 0 Å². The van der Waals surface area contributed by atoms with Gasteiger partial charge in [-0.1, -0.05) is 50.1 Å². The minimum absolute atomic E-state index is 0.362. The van der Waals surface area contributed by atoms with Gasteiger partial charge in [0.05, 0.1) is 6.61 Å². The van der Waals surface area contributed by atoms with Gasteiger partial charge in [-0.3, -0.25) is 4.79 Å². The Labute approximate surface area is 172 Å². The highest BCUT2D eigenvalue weighted by atomic mass is 16.7. The Balaban J connectivity index is 2.16. The monoisotopic (exact) mass is 416 g/mol. The molecule has 168 valence electrons. The molecule has 10 heteroatoms. The highest BCUT2D eigenvalue weighted by molar-refractivity contribution is 5.73. The molecule has 0 unspecified atom stereocenters. The van der Waals surface area contributed by atoms with E-state index in [0.717, 1.165) is 44.9 Å². The maximum Gasteiger partial charge on any atom is 0.217 e. The number of aliphatic hydroxyl groups is 3. The van der Waals surface area contributed by atoms with Gasteiger partial charge >= 0.3 is 0 Å². The van der Waals surface area contributed by atoms with E-state index < -0.39 is 37.3 Å². The van der Waals surface area contributed by atoms with Crippen LogP contribution in [0.5, 0.6) is 0 Å². The molecule has 1 heterocycles. The zero-order valence-corrected chi connectivity index (χ0v) is 17.3. The Hall–Kier alpha value is -1.42. The first-order chi connectivity index (χ1) is 14.0. The van der Waals surface area contributed by atoms with Gasteiger partial charge in [0.1, 0.15) is 24.4 Å². The van der Waals surface area contributed by atoms with Gasteiger partial charge in [0.2, 0.25) is 5.91 Å². The summed E-state index contributed by atoms with van der Waals surface area (Å²) in [6.45, 7) is 1.85. The molecule has 0 bridgehead atoms. The van der Waals surface area contributed by atoms with Crippen LogP contribution in [-0.2, 0) is 14.3 Å². The van der Waals surface area contributed by atoms with Crippen molar-refractivity contribution in [3.05, 3.63) is 10.4 Å². The van der Waals surface area contributed by atoms with Gasteiger partial charge in [-0.2, -0.15) is 0 Å². The minimum Gasteiger partial charge on any atom is -0.394 e. The van der Waals surface area contributed by atoms with Crippen molar-refractivity contribution in [1.29, 1.82) is 0 Å². The van der Waals surface area contributed by atoms with Gasteiger partial charge in [0.15, 0.2) is 6.29 Å². The second-order valence-corrected chi connectivity index (χ2v) is 7.44. The molecule has 0 saturated carbocycles. The fraction of sp³-hybridized carbons (Fsp3) is 0.947. The predicted octanol–water partition coefficient (Wildman–Crippen LogP) is 1.77. The zero-order chi connectivity index (χ0) is 21.5. The Morgan fingerprint density at radius 3 is 2.21 bits per heavy atom. The first kappa shape index (κ1) is 25.6. The summed E-state index contributed by atoms with van der Waals surface area (Å²) in [6, 6.07) is -0.885. The number of amides is 1. The number of hydrogen-bond acceptors (Lipinski definition) is 7. The van der Waals surface area contributed by atoms with Crippen LogP contribution >= 0.6 is 0 Å². The number of azide groups is 1. The van der Waals surface area contributed by atoms with Gasteiger partial charge in [-0.25, -0.2) is 0 Å². The second kappa shape index (κ2) is 15.4. The molecule has 0 radical (unpaired) electrons. The number of nitrogens with one attached hydrogen (secondary N) is 1. The number of carbonyl (C=O) groups is 1. The minimum atomic E-state index is -1.30. The maximum atomic E-state index is 11.4. The largest absolute Gasteiger partial charge is 0.394 e. The Morgan fingerprint density at radius 2 is 1.66 bits per heavy atom. The number of nitrogens with zero attached hydrogens (tertiary/aromatic N) is 3. The van der Waals surface area contributed by atoms with Gasteiger partial charge < -0.3 is 30.1 Å². The molecule has 4 N–H and O–H groups in total. The fourth-order valence-electron chi connectivity index (χ4n) is 3.38. The summed E-state index contributed by atoms with van der Waals surface area (Å²) in [5.74, 6) is -0.362. The summed E-state index contributed by atoms with van der Waals surface area (Å²) in [6.07, 6.45) is 5.21. The van der Waals surface area contributed by atoms with Crippen LogP contribution in [0.15, 0.2) is 5.11 Å². The Morgan fingerprint density at radius 1 is 1.07 bits per heavy atom. The quantitative estimate of drug-likeness (QED) is 0.138. The van der Waals surface area contributed by atoms with Crippen LogP contribution in [0.3, 0.4) is 0 Å². The van der Waals surface area contributed by atoms with Gasteiger partial charge in [0, 0.05) is 25.0 Å². The summed E-state index contributed by atoms with van der Waals surface area (Å²) >= 11 is 0. The van der Waals surface area contributed by atoms with Crippen molar-refractivity contribution < 1.29 is 29.6 Å². The molecular weight excluding hydrogens is 380 g/mol. The van der Waals surface area contributed by atoms with Crippen LogP contribution in [0, 0.1) is 0 Å². The smallest absolute Gasteiger partial charge is 0.217 e. The fourth-order valence-corrected chi connectivity index (χ4v) is 3.38. The number of hydrogen-bond donors (Lipinski definition) is 4. The number of rotatable bonds is 15. The number of unbranched alkanes of at least 4 members (excludes halogenated alkanes) is 8. The van der Waals surface area contributed by atoms with Gasteiger partial charge in [0.25, 0.3) is 0 Å². The zero-order valence-electron chi connectivity index (χ0n) is 17.3. The highest BCUT2D eigenvalue weighted by Crippen LogP contribution is 2.22. The number of carbonyl (C=O) groups excluding carboxylic acids is 1. The highest BCUT2D eigenvalue weighted by Gasteiger charge is 2.45. The van der Waals surface area contributed by atoms with Crippen molar-refractivity contribution in [2.45, 2.75) is 95.4 Å². The average molecular weight is 417 g/mol. The molecule has 0 spiro atoms. The van der Waals surface area contributed by atoms with Crippen molar-refractivity contribution in [2.24, 2.45) is 5.11 Å². The third-order valence-corrected chi connectivity index (χ3v) is 5.00. The summed E-state index contributed by atoms with van der Waals surface area (Å²) in [5.41, 5.74) is 8.19. The van der Waals surface area contributed by atoms with E-state index in [1.807, 2.05) is 0 Å².